The van der Waals surface area contributed by atoms with Gasteiger partial charge in [0.1, 0.15) is 0 Å². The van der Waals surface area contributed by atoms with Gasteiger partial charge in [0.05, 0.1) is 0 Å². The Labute approximate surface area is 109 Å². The SMILES string of the molecule is CCC1CN(c2ncc(CN)c(C)n2)CCN1C. The summed E-state index contributed by atoms with van der Waals surface area (Å²) in [7, 11) is 2.19. The first kappa shape index (κ1) is 13.2. The number of aromatic nitrogens is 2. The van der Waals surface area contributed by atoms with Crippen LogP contribution in [0.1, 0.15) is 24.6 Å². The number of hydrogen-bond donors (Lipinski definition) is 1. The average molecular weight is 249 g/mol. The fraction of sp³-hybridized carbons (Fsp3) is 0.692. The molecule has 1 fully saturated rings. The van der Waals surface area contributed by atoms with E-state index in [2.05, 4.69) is 33.7 Å². The zero-order valence-electron chi connectivity index (χ0n) is 11.6. The summed E-state index contributed by atoms with van der Waals surface area (Å²) in [5, 5.41) is 0. The van der Waals surface area contributed by atoms with E-state index in [0.29, 0.717) is 12.6 Å². The molecule has 0 saturated carbocycles. The van der Waals surface area contributed by atoms with Gasteiger partial charge in [-0.1, -0.05) is 6.92 Å². The Hall–Kier alpha value is -1.20. The molecule has 0 spiro atoms. The highest BCUT2D eigenvalue weighted by Crippen LogP contribution is 2.17. The predicted molar refractivity (Wildman–Crippen MR) is 73.6 cm³/mol. The molecule has 1 unspecified atom stereocenters. The van der Waals surface area contributed by atoms with Crippen molar-refractivity contribution in [2.24, 2.45) is 5.73 Å². The summed E-state index contributed by atoms with van der Waals surface area (Å²) in [6.45, 7) is 7.81. The van der Waals surface area contributed by atoms with Crippen molar-refractivity contribution < 1.29 is 0 Å². The van der Waals surface area contributed by atoms with Crippen LogP contribution in [0.25, 0.3) is 0 Å². The fourth-order valence-corrected chi connectivity index (χ4v) is 2.40. The smallest absolute Gasteiger partial charge is 0.225 e. The number of rotatable bonds is 3. The number of piperazine rings is 1. The van der Waals surface area contributed by atoms with Gasteiger partial charge in [0.15, 0.2) is 0 Å². The molecule has 0 amide bonds. The second kappa shape index (κ2) is 5.63. The van der Waals surface area contributed by atoms with Crippen molar-refractivity contribution in [3.63, 3.8) is 0 Å². The quantitative estimate of drug-likeness (QED) is 0.857. The Morgan fingerprint density at radius 3 is 2.83 bits per heavy atom. The van der Waals surface area contributed by atoms with Gasteiger partial charge in [-0.25, -0.2) is 9.97 Å². The maximum absolute atomic E-state index is 5.64. The lowest BCUT2D eigenvalue weighted by Gasteiger charge is -2.39. The first-order valence-corrected chi connectivity index (χ1v) is 6.63. The molecule has 18 heavy (non-hydrogen) atoms. The number of nitrogens with two attached hydrogens (primary N) is 1. The summed E-state index contributed by atoms with van der Waals surface area (Å²) in [5.74, 6) is 0.844. The van der Waals surface area contributed by atoms with Crippen LogP contribution < -0.4 is 10.6 Å². The largest absolute Gasteiger partial charge is 0.338 e. The van der Waals surface area contributed by atoms with Crippen LogP contribution in [0.3, 0.4) is 0 Å². The Bertz CT molecular complexity index is 406. The Morgan fingerprint density at radius 1 is 1.44 bits per heavy atom. The molecule has 5 nitrogen and oxygen atoms in total. The molecule has 1 aliphatic rings. The second-order valence-electron chi connectivity index (χ2n) is 4.97. The van der Waals surface area contributed by atoms with E-state index in [1.165, 1.54) is 0 Å². The van der Waals surface area contributed by atoms with Gasteiger partial charge in [0, 0.05) is 49.7 Å². The zero-order chi connectivity index (χ0) is 13.1. The third-order valence-corrected chi connectivity index (χ3v) is 3.82. The molecule has 1 saturated heterocycles. The molecular formula is C13H23N5. The number of anilines is 1. The van der Waals surface area contributed by atoms with Gasteiger partial charge in [-0.2, -0.15) is 0 Å². The van der Waals surface area contributed by atoms with Crippen LogP contribution in [0, 0.1) is 6.92 Å². The van der Waals surface area contributed by atoms with Crippen molar-refractivity contribution in [2.75, 3.05) is 31.6 Å². The number of hydrogen-bond acceptors (Lipinski definition) is 5. The third kappa shape index (κ3) is 2.62. The minimum absolute atomic E-state index is 0.506. The third-order valence-electron chi connectivity index (χ3n) is 3.82. The highest BCUT2D eigenvalue weighted by atomic mass is 15.3. The summed E-state index contributed by atoms with van der Waals surface area (Å²) in [4.78, 5) is 13.7. The summed E-state index contributed by atoms with van der Waals surface area (Å²) in [6.07, 6.45) is 3.02. The van der Waals surface area contributed by atoms with Gasteiger partial charge in [-0.05, 0) is 20.4 Å². The van der Waals surface area contributed by atoms with Crippen LogP contribution in [0.5, 0.6) is 0 Å². The molecule has 1 aromatic heterocycles. The second-order valence-corrected chi connectivity index (χ2v) is 4.97. The molecule has 2 heterocycles. The van der Waals surface area contributed by atoms with E-state index in [0.717, 1.165) is 43.3 Å². The van der Waals surface area contributed by atoms with Crippen LogP contribution in [-0.4, -0.2) is 47.6 Å². The Morgan fingerprint density at radius 2 is 2.22 bits per heavy atom. The predicted octanol–water partition coefficient (Wildman–Crippen LogP) is 0.774. The highest BCUT2D eigenvalue weighted by Gasteiger charge is 2.24. The van der Waals surface area contributed by atoms with Crippen LogP contribution >= 0.6 is 0 Å². The lowest BCUT2D eigenvalue weighted by atomic mass is 10.1. The molecule has 5 heteroatoms. The van der Waals surface area contributed by atoms with E-state index < -0.39 is 0 Å². The Kier molecular flexibility index (Phi) is 4.14. The minimum atomic E-state index is 0.506. The monoisotopic (exact) mass is 249 g/mol. The van der Waals surface area contributed by atoms with E-state index in [9.17, 15) is 0 Å². The maximum atomic E-state index is 5.64. The molecule has 1 aromatic rings. The highest BCUT2D eigenvalue weighted by molar-refractivity contribution is 5.34. The van der Waals surface area contributed by atoms with E-state index in [-0.39, 0.29) is 0 Å². The first-order chi connectivity index (χ1) is 8.65. The molecule has 0 aliphatic carbocycles. The molecule has 2 N–H and O–H groups in total. The first-order valence-electron chi connectivity index (χ1n) is 6.63. The van der Waals surface area contributed by atoms with Crippen LogP contribution in [0.4, 0.5) is 5.95 Å². The normalized spacial score (nSPS) is 21.3. The standard InChI is InChI=1S/C13H23N5/c1-4-12-9-18(6-5-17(12)3)13-15-8-11(7-14)10(2)16-13/h8,12H,4-7,9,14H2,1-3H3. The molecule has 2 rings (SSSR count). The Balaban J connectivity index is 2.14. The fourth-order valence-electron chi connectivity index (χ4n) is 2.40. The van der Waals surface area contributed by atoms with Crippen molar-refractivity contribution in [2.45, 2.75) is 32.9 Å². The van der Waals surface area contributed by atoms with Crippen molar-refractivity contribution in [1.29, 1.82) is 0 Å². The topological polar surface area (TPSA) is 58.3 Å². The van der Waals surface area contributed by atoms with Crippen LogP contribution in [0.15, 0.2) is 6.20 Å². The summed E-state index contributed by atoms with van der Waals surface area (Å²) in [6, 6.07) is 0.594. The molecule has 1 aliphatic heterocycles. The van der Waals surface area contributed by atoms with Crippen molar-refractivity contribution in [1.82, 2.24) is 14.9 Å². The van der Waals surface area contributed by atoms with Crippen molar-refractivity contribution in [3.8, 4) is 0 Å². The molecular weight excluding hydrogens is 226 g/mol. The van der Waals surface area contributed by atoms with E-state index in [1.807, 2.05) is 13.1 Å². The van der Waals surface area contributed by atoms with Gasteiger partial charge in [-0.15, -0.1) is 0 Å². The van der Waals surface area contributed by atoms with E-state index >= 15 is 0 Å². The lowest BCUT2D eigenvalue weighted by Crippen LogP contribution is -2.51. The van der Waals surface area contributed by atoms with Gasteiger partial charge in [0.2, 0.25) is 5.95 Å². The van der Waals surface area contributed by atoms with Gasteiger partial charge in [0.25, 0.3) is 0 Å². The van der Waals surface area contributed by atoms with Crippen LogP contribution in [-0.2, 0) is 6.54 Å². The molecule has 0 radical (unpaired) electrons. The van der Waals surface area contributed by atoms with Crippen molar-refractivity contribution >= 4 is 5.95 Å². The zero-order valence-corrected chi connectivity index (χ0v) is 11.6. The van der Waals surface area contributed by atoms with Gasteiger partial charge < -0.3 is 10.6 Å². The minimum Gasteiger partial charge on any atom is -0.338 e. The summed E-state index contributed by atoms with van der Waals surface area (Å²) >= 11 is 0. The average Bonchev–Trinajstić information content (AvgIpc) is 2.39. The number of aryl methyl sites for hydroxylation is 1. The van der Waals surface area contributed by atoms with Crippen LogP contribution in [0.2, 0.25) is 0 Å². The van der Waals surface area contributed by atoms with E-state index in [4.69, 9.17) is 5.73 Å². The van der Waals surface area contributed by atoms with Gasteiger partial charge in [-0.3, -0.25) is 4.90 Å². The molecule has 1 atom stereocenters. The van der Waals surface area contributed by atoms with E-state index in [1.54, 1.807) is 0 Å². The molecule has 0 aromatic carbocycles. The summed E-state index contributed by atoms with van der Waals surface area (Å²) < 4.78 is 0. The van der Waals surface area contributed by atoms with Gasteiger partial charge >= 0.3 is 0 Å². The lowest BCUT2D eigenvalue weighted by molar-refractivity contribution is 0.212. The number of nitrogens with zero attached hydrogens (tertiary/aromatic N) is 4. The molecule has 100 valence electrons. The summed E-state index contributed by atoms with van der Waals surface area (Å²) in [5.41, 5.74) is 7.66. The number of likely N-dealkylation sites (N-methyl/N-ethyl adjacent to an activating group) is 1. The maximum Gasteiger partial charge on any atom is 0.225 e. The molecule has 0 bridgehead atoms. The van der Waals surface area contributed by atoms with Crippen molar-refractivity contribution in [3.05, 3.63) is 17.5 Å².